The fourth-order valence-electron chi connectivity index (χ4n) is 1.10. The van der Waals surface area contributed by atoms with Crippen LogP contribution < -0.4 is 5.73 Å². The average molecular weight is 286 g/mol. The molecule has 110 valence electrons. The standard InChI is InChI=1S/C6H3N3O6.C4H11N/c10-7(11)4-1-5(8(12)13)3-6(2-4)9(14)15;1-2-3-4-5/h1-3H;2-5H2,1H3. The van der Waals surface area contributed by atoms with Gasteiger partial charge in [0.2, 0.25) is 0 Å². The van der Waals surface area contributed by atoms with Crippen molar-refractivity contribution in [3.8, 4) is 0 Å². The molecule has 1 aromatic carbocycles. The van der Waals surface area contributed by atoms with Crippen molar-refractivity contribution in [2.75, 3.05) is 6.54 Å². The summed E-state index contributed by atoms with van der Waals surface area (Å²) < 4.78 is 0. The second kappa shape index (κ2) is 8.48. The van der Waals surface area contributed by atoms with E-state index in [1.165, 1.54) is 12.8 Å². The molecule has 1 aromatic rings. The molecular weight excluding hydrogens is 272 g/mol. The van der Waals surface area contributed by atoms with Crippen molar-refractivity contribution < 1.29 is 14.8 Å². The van der Waals surface area contributed by atoms with Crippen molar-refractivity contribution in [1.29, 1.82) is 0 Å². The fourth-order valence-corrected chi connectivity index (χ4v) is 1.10. The van der Waals surface area contributed by atoms with Crippen LogP contribution in [0.4, 0.5) is 17.1 Å². The number of non-ortho nitro benzene ring substituents is 3. The van der Waals surface area contributed by atoms with Crippen LogP contribution in [-0.2, 0) is 0 Å². The fraction of sp³-hybridized carbons (Fsp3) is 0.400. The van der Waals surface area contributed by atoms with Gasteiger partial charge < -0.3 is 5.73 Å². The monoisotopic (exact) mass is 286 g/mol. The Hall–Kier alpha value is -2.62. The number of unbranched alkanes of at least 4 members (excludes halogenated alkanes) is 1. The van der Waals surface area contributed by atoms with E-state index >= 15 is 0 Å². The van der Waals surface area contributed by atoms with E-state index in [0.717, 1.165) is 6.54 Å². The molecule has 0 saturated carbocycles. The molecule has 0 bridgehead atoms. The molecule has 2 N–H and O–H groups in total. The van der Waals surface area contributed by atoms with Crippen molar-refractivity contribution in [2.45, 2.75) is 19.8 Å². The Morgan fingerprint density at radius 1 is 0.900 bits per heavy atom. The largest absolute Gasteiger partial charge is 0.330 e. The Morgan fingerprint density at radius 3 is 1.30 bits per heavy atom. The maximum atomic E-state index is 10.3. The summed E-state index contributed by atoms with van der Waals surface area (Å²) >= 11 is 0. The third kappa shape index (κ3) is 5.82. The van der Waals surface area contributed by atoms with Crippen LogP contribution in [0.2, 0.25) is 0 Å². The second-order valence-electron chi connectivity index (χ2n) is 3.62. The summed E-state index contributed by atoms with van der Waals surface area (Å²) in [6, 6.07) is 1.98. The van der Waals surface area contributed by atoms with Crippen molar-refractivity contribution >= 4 is 17.1 Å². The Labute approximate surface area is 113 Å². The molecule has 0 aliphatic carbocycles. The summed E-state index contributed by atoms with van der Waals surface area (Å²) in [4.78, 5) is 28.1. The number of rotatable bonds is 5. The number of nitrogens with zero attached hydrogens (tertiary/aromatic N) is 3. The summed E-state index contributed by atoms with van der Waals surface area (Å²) in [6.45, 7) is 2.98. The van der Waals surface area contributed by atoms with E-state index in [1.54, 1.807) is 0 Å². The van der Waals surface area contributed by atoms with Crippen LogP contribution in [-0.4, -0.2) is 21.3 Å². The lowest BCUT2D eigenvalue weighted by molar-refractivity contribution is -0.403. The van der Waals surface area contributed by atoms with Crippen LogP contribution >= 0.6 is 0 Å². The van der Waals surface area contributed by atoms with Crippen molar-refractivity contribution in [1.82, 2.24) is 0 Å². The van der Waals surface area contributed by atoms with E-state index in [-0.39, 0.29) is 0 Å². The predicted molar refractivity (Wildman–Crippen MR) is 70.4 cm³/mol. The highest BCUT2D eigenvalue weighted by atomic mass is 16.6. The third-order valence-electron chi connectivity index (χ3n) is 2.08. The average Bonchev–Trinajstić information content (AvgIpc) is 2.39. The SMILES string of the molecule is CCCCN.O=[N+]([O-])c1cc([N+](=O)[O-])cc([N+](=O)[O-])c1. The zero-order chi connectivity index (χ0) is 15.7. The van der Waals surface area contributed by atoms with Crippen LogP contribution in [0.5, 0.6) is 0 Å². The van der Waals surface area contributed by atoms with Gasteiger partial charge in [-0.3, -0.25) is 30.3 Å². The van der Waals surface area contributed by atoms with Gasteiger partial charge in [0.05, 0.1) is 33.0 Å². The minimum atomic E-state index is -0.931. The van der Waals surface area contributed by atoms with Gasteiger partial charge >= 0.3 is 0 Å². The maximum absolute atomic E-state index is 10.3. The molecule has 0 radical (unpaired) electrons. The molecule has 0 aliphatic rings. The lowest BCUT2D eigenvalue weighted by Gasteiger charge is -1.93. The molecule has 0 spiro atoms. The molecule has 1 rings (SSSR count). The molecule has 10 nitrogen and oxygen atoms in total. The molecule has 0 amide bonds. The number of hydrogen-bond donors (Lipinski definition) is 1. The number of hydrogen-bond acceptors (Lipinski definition) is 7. The first kappa shape index (κ1) is 17.4. The lowest BCUT2D eigenvalue weighted by atomic mass is 10.2. The highest BCUT2D eigenvalue weighted by Gasteiger charge is 2.21. The number of benzene rings is 1. The van der Waals surface area contributed by atoms with Gasteiger partial charge in [0.25, 0.3) is 17.1 Å². The molecule has 0 fully saturated rings. The molecule has 0 heterocycles. The van der Waals surface area contributed by atoms with Gasteiger partial charge in [0, 0.05) is 0 Å². The van der Waals surface area contributed by atoms with Crippen LogP contribution in [0.3, 0.4) is 0 Å². The Kier molecular flexibility index (Phi) is 7.37. The van der Waals surface area contributed by atoms with Gasteiger partial charge in [-0.2, -0.15) is 0 Å². The van der Waals surface area contributed by atoms with E-state index in [0.29, 0.717) is 18.2 Å². The van der Waals surface area contributed by atoms with E-state index < -0.39 is 31.8 Å². The lowest BCUT2D eigenvalue weighted by Crippen LogP contribution is -1.96. The first-order valence-corrected chi connectivity index (χ1v) is 5.61. The Bertz CT molecular complexity index is 424. The van der Waals surface area contributed by atoms with Crippen LogP contribution in [0.15, 0.2) is 18.2 Å². The van der Waals surface area contributed by atoms with Gasteiger partial charge in [0.1, 0.15) is 0 Å². The number of nitrogens with two attached hydrogens (primary N) is 1. The minimum absolute atomic E-state index is 0.660. The third-order valence-corrected chi connectivity index (χ3v) is 2.08. The highest BCUT2D eigenvalue weighted by Crippen LogP contribution is 2.26. The normalized spacial score (nSPS) is 9.30. The Morgan fingerprint density at radius 2 is 1.20 bits per heavy atom. The molecule has 10 heteroatoms. The molecular formula is C10H14N4O6. The number of nitro benzene ring substituents is 3. The van der Waals surface area contributed by atoms with E-state index in [4.69, 9.17) is 5.73 Å². The minimum Gasteiger partial charge on any atom is -0.330 e. The van der Waals surface area contributed by atoms with Crippen LogP contribution in [0, 0.1) is 30.3 Å². The quantitative estimate of drug-likeness (QED) is 0.641. The summed E-state index contributed by atoms with van der Waals surface area (Å²) in [5.74, 6) is 0. The highest BCUT2D eigenvalue weighted by molar-refractivity contribution is 5.52. The smallest absolute Gasteiger partial charge is 0.283 e. The summed E-state index contributed by atoms with van der Waals surface area (Å²) in [6.07, 6.45) is 2.39. The number of nitro groups is 3. The van der Waals surface area contributed by atoms with Crippen LogP contribution in [0.25, 0.3) is 0 Å². The topological polar surface area (TPSA) is 155 Å². The predicted octanol–water partition coefficient (Wildman–Crippen LogP) is 2.16. The van der Waals surface area contributed by atoms with Gasteiger partial charge in [0.15, 0.2) is 0 Å². The molecule has 0 aliphatic heterocycles. The molecule has 0 saturated heterocycles. The van der Waals surface area contributed by atoms with Crippen molar-refractivity contribution in [3.05, 3.63) is 48.5 Å². The van der Waals surface area contributed by atoms with Gasteiger partial charge in [-0.15, -0.1) is 0 Å². The van der Waals surface area contributed by atoms with Gasteiger partial charge in [-0.05, 0) is 13.0 Å². The van der Waals surface area contributed by atoms with E-state index in [2.05, 4.69) is 6.92 Å². The zero-order valence-corrected chi connectivity index (χ0v) is 10.7. The summed E-state index contributed by atoms with van der Waals surface area (Å²) in [7, 11) is 0. The maximum Gasteiger partial charge on any atom is 0.283 e. The molecule has 0 unspecified atom stereocenters. The molecule has 0 aromatic heterocycles. The zero-order valence-electron chi connectivity index (χ0n) is 10.7. The summed E-state index contributed by atoms with van der Waals surface area (Å²) in [5, 5.41) is 30.9. The molecule has 0 atom stereocenters. The van der Waals surface area contributed by atoms with Crippen molar-refractivity contribution in [3.63, 3.8) is 0 Å². The van der Waals surface area contributed by atoms with E-state index in [1.807, 2.05) is 0 Å². The van der Waals surface area contributed by atoms with Gasteiger partial charge in [-0.25, -0.2) is 0 Å². The second-order valence-corrected chi connectivity index (χ2v) is 3.62. The first-order chi connectivity index (χ1) is 9.33. The first-order valence-electron chi connectivity index (χ1n) is 5.61. The van der Waals surface area contributed by atoms with Crippen molar-refractivity contribution in [2.24, 2.45) is 5.73 Å². The molecule has 20 heavy (non-hydrogen) atoms. The Balaban J connectivity index is 0.000000621. The van der Waals surface area contributed by atoms with E-state index in [9.17, 15) is 30.3 Å². The summed E-state index contributed by atoms with van der Waals surface area (Å²) in [5.41, 5.74) is 3.09. The van der Waals surface area contributed by atoms with Gasteiger partial charge in [-0.1, -0.05) is 13.3 Å². The van der Waals surface area contributed by atoms with Crippen LogP contribution in [0.1, 0.15) is 19.8 Å².